The molecule has 0 aliphatic carbocycles. The van der Waals surface area contributed by atoms with E-state index in [0.717, 1.165) is 19.5 Å². The van der Waals surface area contributed by atoms with Crippen molar-refractivity contribution in [3.8, 4) is 0 Å². The van der Waals surface area contributed by atoms with Crippen LogP contribution in [0.4, 0.5) is 0 Å². The summed E-state index contributed by atoms with van der Waals surface area (Å²) in [7, 11) is 1.56. The van der Waals surface area contributed by atoms with Crippen molar-refractivity contribution < 1.29 is 9.53 Å². The maximum Gasteiger partial charge on any atom is 0.248 e. The summed E-state index contributed by atoms with van der Waals surface area (Å²) in [5.41, 5.74) is 1.30. The third-order valence-electron chi connectivity index (χ3n) is 3.56. The number of piperazine rings is 1. The molecule has 2 unspecified atom stereocenters. The monoisotopic (exact) mass is 262 g/mol. The van der Waals surface area contributed by atoms with E-state index in [2.05, 4.69) is 36.5 Å². The van der Waals surface area contributed by atoms with Gasteiger partial charge in [-0.15, -0.1) is 0 Å². The maximum absolute atomic E-state index is 12.0. The fourth-order valence-corrected chi connectivity index (χ4v) is 2.52. The van der Waals surface area contributed by atoms with Gasteiger partial charge in [-0.2, -0.15) is 0 Å². The third-order valence-corrected chi connectivity index (χ3v) is 3.56. The average molecular weight is 262 g/mol. The molecule has 1 aromatic rings. The van der Waals surface area contributed by atoms with Gasteiger partial charge in [0, 0.05) is 32.3 Å². The Kier molecular flexibility index (Phi) is 4.93. The number of nitrogens with zero attached hydrogens (tertiary/aromatic N) is 1. The Morgan fingerprint density at radius 3 is 2.84 bits per heavy atom. The molecule has 1 aliphatic heterocycles. The number of nitrogens with one attached hydrogen (secondary N) is 1. The molecule has 4 nitrogen and oxygen atoms in total. The highest BCUT2D eigenvalue weighted by atomic mass is 16.5. The van der Waals surface area contributed by atoms with Crippen LogP contribution in [-0.4, -0.2) is 49.7 Å². The largest absolute Gasteiger partial charge is 0.375 e. The number of amides is 1. The minimum Gasteiger partial charge on any atom is -0.375 e. The van der Waals surface area contributed by atoms with E-state index in [1.807, 2.05) is 11.0 Å². The Morgan fingerprint density at radius 1 is 1.42 bits per heavy atom. The molecule has 0 radical (unpaired) electrons. The van der Waals surface area contributed by atoms with Crippen molar-refractivity contribution in [3.63, 3.8) is 0 Å². The molecule has 1 fully saturated rings. The zero-order chi connectivity index (χ0) is 13.7. The lowest BCUT2D eigenvalue weighted by molar-refractivity contribution is -0.138. The maximum atomic E-state index is 12.0. The van der Waals surface area contributed by atoms with Crippen molar-refractivity contribution in [1.29, 1.82) is 0 Å². The van der Waals surface area contributed by atoms with Crippen LogP contribution in [-0.2, 0) is 16.0 Å². The molecule has 1 aromatic carbocycles. The number of methoxy groups -OCH3 is 1. The quantitative estimate of drug-likeness (QED) is 0.882. The van der Waals surface area contributed by atoms with Crippen LogP contribution in [0, 0.1) is 0 Å². The van der Waals surface area contributed by atoms with Crippen LogP contribution in [0.2, 0.25) is 0 Å². The second kappa shape index (κ2) is 6.68. The first-order chi connectivity index (χ1) is 9.20. The van der Waals surface area contributed by atoms with E-state index >= 15 is 0 Å². The number of hydrogen-bond donors (Lipinski definition) is 1. The number of carbonyl (C=O) groups excluding carboxylic acids is 1. The van der Waals surface area contributed by atoms with E-state index in [0.29, 0.717) is 6.04 Å². The van der Waals surface area contributed by atoms with E-state index in [-0.39, 0.29) is 18.6 Å². The van der Waals surface area contributed by atoms with Crippen molar-refractivity contribution >= 4 is 5.91 Å². The fraction of sp³-hybridized carbons (Fsp3) is 0.533. The van der Waals surface area contributed by atoms with Gasteiger partial charge in [-0.25, -0.2) is 0 Å². The van der Waals surface area contributed by atoms with E-state index < -0.39 is 0 Å². The lowest BCUT2D eigenvalue weighted by Gasteiger charge is -2.38. The molecule has 1 amide bonds. The Balaban J connectivity index is 1.95. The van der Waals surface area contributed by atoms with Gasteiger partial charge in [0.05, 0.1) is 0 Å². The van der Waals surface area contributed by atoms with Gasteiger partial charge >= 0.3 is 0 Å². The molecular weight excluding hydrogens is 240 g/mol. The zero-order valence-electron chi connectivity index (χ0n) is 11.6. The lowest BCUT2D eigenvalue weighted by Crippen LogP contribution is -2.58. The summed E-state index contributed by atoms with van der Waals surface area (Å²) in [6, 6.07) is 10.9. The van der Waals surface area contributed by atoms with E-state index in [1.54, 1.807) is 7.11 Å². The number of rotatable bonds is 4. The molecule has 4 heteroatoms. The van der Waals surface area contributed by atoms with E-state index in [4.69, 9.17) is 4.74 Å². The smallest absolute Gasteiger partial charge is 0.248 e. The molecule has 1 heterocycles. The predicted molar refractivity (Wildman–Crippen MR) is 75.0 cm³/mol. The van der Waals surface area contributed by atoms with Crippen LogP contribution >= 0.6 is 0 Å². The average Bonchev–Trinajstić information content (AvgIpc) is 2.42. The molecule has 0 aromatic heterocycles. The zero-order valence-corrected chi connectivity index (χ0v) is 11.6. The summed E-state index contributed by atoms with van der Waals surface area (Å²) >= 11 is 0. The van der Waals surface area contributed by atoms with Gasteiger partial charge in [-0.05, 0) is 18.9 Å². The van der Waals surface area contributed by atoms with Crippen molar-refractivity contribution in [2.75, 3.05) is 26.8 Å². The Bertz CT molecular complexity index is 408. The van der Waals surface area contributed by atoms with Gasteiger partial charge in [0.15, 0.2) is 0 Å². The van der Waals surface area contributed by atoms with Crippen LogP contribution in [0.1, 0.15) is 12.5 Å². The molecule has 0 saturated carbocycles. The molecular formula is C15H22N2O2. The minimum atomic E-state index is 0.0783. The fourth-order valence-electron chi connectivity index (χ4n) is 2.52. The third kappa shape index (κ3) is 3.78. The van der Waals surface area contributed by atoms with E-state index in [9.17, 15) is 4.79 Å². The molecule has 0 spiro atoms. The van der Waals surface area contributed by atoms with Crippen molar-refractivity contribution in [2.45, 2.75) is 25.4 Å². The van der Waals surface area contributed by atoms with Gasteiger partial charge in [-0.3, -0.25) is 4.79 Å². The summed E-state index contributed by atoms with van der Waals surface area (Å²) in [6.45, 7) is 3.83. The molecule has 1 aliphatic rings. The van der Waals surface area contributed by atoms with Crippen molar-refractivity contribution in [3.05, 3.63) is 35.9 Å². The molecule has 104 valence electrons. The molecule has 1 N–H and O–H groups in total. The standard InChI is InChI=1S/C15H22N2O2/c1-12-9-16-14(8-13-6-4-3-5-7-13)10-17(12)15(18)11-19-2/h3-7,12,14,16H,8-11H2,1-2H3. The molecule has 2 rings (SSSR count). The van der Waals surface area contributed by atoms with Gasteiger partial charge in [0.2, 0.25) is 5.91 Å². The topological polar surface area (TPSA) is 41.6 Å². The van der Waals surface area contributed by atoms with Gasteiger partial charge in [0.25, 0.3) is 0 Å². The highest BCUT2D eigenvalue weighted by Gasteiger charge is 2.28. The molecule has 0 bridgehead atoms. The first-order valence-corrected chi connectivity index (χ1v) is 6.76. The van der Waals surface area contributed by atoms with Gasteiger partial charge in [0.1, 0.15) is 6.61 Å². The number of benzene rings is 1. The van der Waals surface area contributed by atoms with Gasteiger partial charge < -0.3 is 15.0 Å². The summed E-state index contributed by atoms with van der Waals surface area (Å²) in [5.74, 6) is 0.0783. The van der Waals surface area contributed by atoms with Crippen molar-refractivity contribution in [1.82, 2.24) is 10.2 Å². The summed E-state index contributed by atoms with van der Waals surface area (Å²) < 4.78 is 4.95. The second-order valence-corrected chi connectivity index (χ2v) is 5.12. The normalized spacial score (nSPS) is 23.4. The SMILES string of the molecule is COCC(=O)N1CC(Cc2ccccc2)NCC1C. The summed E-state index contributed by atoms with van der Waals surface area (Å²) in [4.78, 5) is 13.9. The van der Waals surface area contributed by atoms with Crippen LogP contribution < -0.4 is 5.32 Å². The van der Waals surface area contributed by atoms with Crippen LogP contribution in [0.3, 0.4) is 0 Å². The lowest BCUT2D eigenvalue weighted by atomic mass is 10.0. The number of ether oxygens (including phenoxy) is 1. The first-order valence-electron chi connectivity index (χ1n) is 6.76. The summed E-state index contributed by atoms with van der Waals surface area (Å²) in [6.07, 6.45) is 0.949. The predicted octanol–water partition coefficient (Wildman–Crippen LogP) is 1.06. The van der Waals surface area contributed by atoms with Crippen LogP contribution in [0.5, 0.6) is 0 Å². The number of hydrogen-bond acceptors (Lipinski definition) is 3. The highest BCUT2D eigenvalue weighted by Crippen LogP contribution is 2.11. The molecule has 19 heavy (non-hydrogen) atoms. The number of carbonyl (C=O) groups is 1. The Morgan fingerprint density at radius 2 is 2.16 bits per heavy atom. The van der Waals surface area contributed by atoms with Crippen LogP contribution in [0.15, 0.2) is 30.3 Å². The first kappa shape index (κ1) is 14.0. The minimum absolute atomic E-state index is 0.0783. The van der Waals surface area contributed by atoms with Crippen LogP contribution in [0.25, 0.3) is 0 Å². The van der Waals surface area contributed by atoms with Crippen molar-refractivity contribution in [2.24, 2.45) is 0 Å². The molecule has 1 saturated heterocycles. The second-order valence-electron chi connectivity index (χ2n) is 5.12. The van der Waals surface area contributed by atoms with Gasteiger partial charge in [-0.1, -0.05) is 30.3 Å². The van der Waals surface area contributed by atoms with E-state index in [1.165, 1.54) is 5.56 Å². The Hall–Kier alpha value is -1.39. The Labute approximate surface area is 114 Å². The summed E-state index contributed by atoms with van der Waals surface area (Å²) in [5, 5.41) is 3.51. The molecule has 2 atom stereocenters. The highest BCUT2D eigenvalue weighted by molar-refractivity contribution is 5.78.